The first-order valence-corrected chi connectivity index (χ1v) is 5.86. The summed E-state index contributed by atoms with van der Waals surface area (Å²) in [4.78, 5) is 9.80. The Balaban J connectivity index is 2.29. The molecule has 0 spiro atoms. The van der Waals surface area contributed by atoms with Crippen LogP contribution in [-0.2, 0) is 4.84 Å². The Morgan fingerprint density at radius 3 is 2.39 bits per heavy atom. The summed E-state index contributed by atoms with van der Waals surface area (Å²) in [5, 5.41) is 1.80. The van der Waals surface area contributed by atoms with Gasteiger partial charge in [-0.2, -0.15) is 0 Å². The summed E-state index contributed by atoms with van der Waals surface area (Å²) >= 11 is 0. The number of aliphatic imine (C=N–C) groups is 1. The highest BCUT2D eigenvalue weighted by molar-refractivity contribution is 5.72. The second-order valence-corrected chi connectivity index (χ2v) is 5.20. The summed E-state index contributed by atoms with van der Waals surface area (Å²) in [6.45, 7) is 6.16. The van der Waals surface area contributed by atoms with Gasteiger partial charge in [0, 0.05) is 0 Å². The molecule has 0 aromatic heterocycles. The summed E-state index contributed by atoms with van der Waals surface area (Å²) in [6, 6.07) is 7.94. The molecule has 0 aliphatic carbocycles. The topological polar surface area (TPSA) is 60.1 Å². The van der Waals surface area contributed by atoms with Crippen LogP contribution in [0.2, 0.25) is 0 Å². The number of nitrogens with zero attached hydrogens (tertiary/aromatic N) is 2. The molecule has 1 aromatic rings. The number of rotatable bonds is 2. The fourth-order valence-electron chi connectivity index (χ4n) is 1.84. The van der Waals surface area contributed by atoms with Crippen LogP contribution in [0, 0.1) is 0 Å². The van der Waals surface area contributed by atoms with Crippen LogP contribution in [0.5, 0.6) is 5.75 Å². The number of benzene rings is 1. The van der Waals surface area contributed by atoms with E-state index in [1.54, 1.807) is 12.2 Å². The van der Waals surface area contributed by atoms with E-state index in [0.717, 1.165) is 11.3 Å². The van der Waals surface area contributed by atoms with Gasteiger partial charge in [0.25, 0.3) is 0 Å². The van der Waals surface area contributed by atoms with E-state index in [4.69, 9.17) is 15.3 Å². The second kappa shape index (κ2) is 4.49. The molecular weight excluding hydrogens is 230 g/mol. The molecule has 1 atom stereocenters. The Bertz CT molecular complexity index is 448. The molecule has 18 heavy (non-hydrogen) atoms. The number of hydrogen-bond acceptors (Lipinski definition) is 5. The minimum Gasteiger partial charge on any atom is -0.497 e. The van der Waals surface area contributed by atoms with Gasteiger partial charge in [0.15, 0.2) is 6.17 Å². The van der Waals surface area contributed by atoms with Gasteiger partial charge in [0.1, 0.15) is 5.75 Å². The van der Waals surface area contributed by atoms with Gasteiger partial charge in [-0.25, -0.2) is 4.99 Å². The minimum absolute atomic E-state index is 0.185. The highest BCUT2D eigenvalue weighted by atomic mass is 16.7. The SMILES string of the molecule is COc1ccc(C2N=C(N)ON2C(C)(C)C)cc1. The standard InChI is InChI=1S/C13H19N3O2/c1-13(2,3)16-11(15-12(14)18-16)9-5-7-10(17-4)8-6-9/h5-8,11H,1-4H3,(H2,14,15). The Kier molecular flexibility index (Phi) is 3.17. The number of amidine groups is 1. The molecule has 1 aliphatic heterocycles. The zero-order valence-corrected chi connectivity index (χ0v) is 11.2. The van der Waals surface area contributed by atoms with Gasteiger partial charge >= 0.3 is 6.02 Å². The van der Waals surface area contributed by atoms with Crippen molar-refractivity contribution in [2.45, 2.75) is 32.5 Å². The highest BCUT2D eigenvalue weighted by Gasteiger charge is 2.37. The highest BCUT2D eigenvalue weighted by Crippen LogP contribution is 2.34. The van der Waals surface area contributed by atoms with E-state index in [9.17, 15) is 0 Å². The van der Waals surface area contributed by atoms with E-state index in [1.807, 2.05) is 24.3 Å². The monoisotopic (exact) mass is 249 g/mol. The third kappa shape index (κ3) is 2.41. The molecule has 0 saturated carbocycles. The van der Waals surface area contributed by atoms with E-state index >= 15 is 0 Å². The Labute approximate surface area is 107 Å². The van der Waals surface area contributed by atoms with Gasteiger partial charge in [-0.1, -0.05) is 12.1 Å². The van der Waals surface area contributed by atoms with Crippen molar-refractivity contribution in [1.29, 1.82) is 0 Å². The minimum atomic E-state index is -0.212. The summed E-state index contributed by atoms with van der Waals surface area (Å²) in [7, 11) is 1.64. The molecule has 5 heteroatoms. The van der Waals surface area contributed by atoms with Crippen LogP contribution in [-0.4, -0.2) is 23.7 Å². The Hall–Kier alpha value is -1.75. The molecule has 1 aliphatic rings. The van der Waals surface area contributed by atoms with Crippen molar-refractivity contribution >= 4 is 6.02 Å². The molecule has 1 unspecified atom stereocenters. The molecule has 0 radical (unpaired) electrons. The molecule has 0 amide bonds. The molecule has 1 aromatic carbocycles. The molecule has 0 bridgehead atoms. The van der Waals surface area contributed by atoms with E-state index < -0.39 is 0 Å². The van der Waals surface area contributed by atoms with Gasteiger partial charge in [0.05, 0.1) is 12.6 Å². The largest absolute Gasteiger partial charge is 0.497 e. The number of hydrogen-bond donors (Lipinski definition) is 1. The lowest BCUT2D eigenvalue weighted by Gasteiger charge is -2.33. The van der Waals surface area contributed by atoms with Gasteiger partial charge in [0.2, 0.25) is 0 Å². The molecule has 0 fully saturated rings. The second-order valence-electron chi connectivity index (χ2n) is 5.20. The zero-order chi connectivity index (χ0) is 13.3. The zero-order valence-electron chi connectivity index (χ0n) is 11.2. The molecular formula is C13H19N3O2. The van der Waals surface area contributed by atoms with E-state index in [-0.39, 0.29) is 17.7 Å². The van der Waals surface area contributed by atoms with Crippen LogP contribution in [0.15, 0.2) is 29.3 Å². The average Bonchev–Trinajstić information content (AvgIpc) is 2.71. The van der Waals surface area contributed by atoms with Crippen LogP contribution < -0.4 is 10.5 Å². The number of hydroxylamine groups is 2. The van der Waals surface area contributed by atoms with Crippen molar-refractivity contribution in [2.75, 3.05) is 7.11 Å². The van der Waals surface area contributed by atoms with E-state index in [1.165, 1.54) is 0 Å². The van der Waals surface area contributed by atoms with Crippen molar-refractivity contribution in [3.8, 4) is 5.75 Å². The molecule has 1 heterocycles. The lowest BCUT2D eigenvalue weighted by Crippen LogP contribution is -2.41. The predicted molar refractivity (Wildman–Crippen MR) is 70.0 cm³/mol. The maximum atomic E-state index is 5.67. The Morgan fingerprint density at radius 1 is 1.28 bits per heavy atom. The summed E-state index contributed by atoms with van der Waals surface area (Å²) in [5.74, 6) is 0.817. The molecule has 98 valence electrons. The first kappa shape index (κ1) is 12.7. The van der Waals surface area contributed by atoms with Crippen molar-refractivity contribution in [3.05, 3.63) is 29.8 Å². The lowest BCUT2D eigenvalue weighted by molar-refractivity contribution is -0.151. The van der Waals surface area contributed by atoms with Crippen molar-refractivity contribution in [1.82, 2.24) is 5.06 Å². The third-order valence-electron chi connectivity index (χ3n) is 2.74. The number of nitrogens with two attached hydrogens (primary N) is 1. The fourth-order valence-corrected chi connectivity index (χ4v) is 1.84. The van der Waals surface area contributed by atoms with E-state index in [2.05, 4.69) is 25.8 Å². The van der Waals surface area contributed by atoms with Crippen molar-refractivity contribution < 1.29 is 9.57 Å². The summed E-state index contributed by atoms with van der Waals surface area (Å²) < 4.78 is 5.14. The predicted octanol–water partition coefficient (Wildman–Crippen LogP) is 2.05. The average molecular weight is 249 g/mol. The molecule has 0 saturated heterocycles. The third-order valence-corrected chi connectivity index (χ3v) is 2.74. The van der Waals surface area contributed by atoms with Crippen LogP contribution in [0.3, 0.4) is 0 Å². The maximum absolute atomic E-state index is 5.67. The van der Waals surface area contributed by atoms with Crippen LogP contribution in [0.25, 0.3) is 0 Å². The Morgan fingerprint density at radius 2 is 1.89 bits per heavy atom. The maximum Gasteiger partial charge on any atom is 0.304 e. The van der Waals surface area contributed by atoms with Gasteiger partial charge < -0.3 is 15.3 Å². The number of ether oxygens (including phenoxy) is 1. The molecule has 5 nitrogen and oxygen atoms in total. The van der Waals surface area contributed by atoms with Gasteiger partial charge in [-0.3, -0.25) is 0 Å². The van der Waals surface area contributed by atoms with Crippen molar-refractivity contribution in [3.63, 3.8) is 0 Å². The quantitative estimate of drug-likeness (QED) is 0.871. The first-order valence-electron chi connectivity index (χ1n) is 5.86. The van der Waals surface area contributed by atoms with Gasteiger partial charge in [-0.15, -0.1) is 5.06 Å². The first-order chi connectivity index (χ1) is 8.41. The fraction of sp³-hybridized carbons (Fsp3) is 0.462. The molecule has 2 rings (SSSR count). The van der Waals surface area contributed by atoms with Gasteiger partial charge in [-0.05, 0) is 38.5 Å². The molecule has 2 N–H and O–H groups in total. The van der Waals surface area contributed by atoms with Crippen LogP contribution in [0.1, 0.15) is 32.5 Å². The normalized spacial score (nSPS) is 20.4. The number of methoxy groups -OCH3 is 1. The smallest absolute Gasteiger partial charge is 0.304 e. The summed E-state index contributed by atoms with van der Waals surface area (Å²) in [6.07, 6.45) is -0.212. The van der Waals surface area contributed by atoms with Crippen LogP contribution >= 0.6 is 0 Å². The van der Waals surface area contributed by atoms with Crippen LogP contribution in [0.4, 0.5) is 0 Å². The lowest BCUT2D eigenvalue weighted by atomic mass is 10.1. The van der Waals surface area contributed by atoms with E-state index in [0.29, 0.717) is 0 Å². The summed E-state index contributed by atoms with van der Waals surface area (Å²) in [5.41, 5.74) is 6.50. The van der Waals surface area contributed by atoms with Crippen molar-refractivity contribution in [2.24, 2.45) is 10.7 Å².